The van der Waals surface area contributed by atoms with E-state index in [4.69, 9.17) is 0 Å². The van der Waals surface area contributed by atoms with Gasteiger partial charge in [0.15, 0.2) is 0 Å². The third-order valence-electron chi connectivity index (χ3n) is 4.73. The Hall–Kier alpha value is -2.95. The molecule has 5 heteroatoms. The summed E-state index contributed by atoms with van der Waals surface area (Å²) in [7, 11) is 0. The topological polar surface area (TPSA) is 62.3 Å². The van der Waals surface area contributed by atoms with Crippen molar-refractivity contribution in [3.05, 3.63) is 64.9 Å². The number of rotatable bonds is 2. The number of benzene rings is 1. The van der Waals surface area contributed by atoms with Crippen LogP contribution in [-0.2, 0) is 29.0 Å². The molecule has 0 fully saturated rings. The molecule has 4 rings (SSSR count). The number of fused-ring (bicyclic) bond motifs is 2. The summed E-state index contributed by atoms with van der Waals surface area (Å²) < 4.78 is 0. The Labute approximate surface area is 146 Å². The van der Waals surface area contributed by atoms with Crippen LogP contribution in [0.25, 0.3) is 6.08 Å². The molecule has 126 valence electrons. The Morgan fingerprint density at radius 1 is 1.12 bits per heavy atom. The largest absolute Gasteiger partial charge is 0.334 e. The summed E-state index contributed by atoms with van der Waals surface area (Å²) in [5.74, 6) is 0.650. The average Bonchev–Trinajstić information content (AvgIpc) is 2.65. The van der Waals surface area contributed by atoms with Crippen molar-refractivity contribution in [2.75, 3.05) is 11.9 Å². The third kappa shape index (κ3) is 3.31. The number of hydrogen-bond donors (Lipinski definition) is 1. The van der Waals surface area contributed by atoms with Gasteiger partial charge in [0.05, 0.1) is 0 Å². The van der Waals surface area contributed by atoms with Crippen molar-refractivity contribution in [1.82, 2.24) is 9.88 Å². The van der Waals surface area contributed by atoms with Crippen LogP contribution in [-0.4, -0.2) is 28.2 Å². The van der Waals surface area contributed by atoms with Gasteiger partial charge in [-0.2, -0.15) is 0 Å². The van der Waals surface area contributed by atoms with Crippen molar-refractivity contribution in [3.8, 4) is 0 Å². The minimum atomic E-state index is 0.00356. The van der Waals surface area contributed by atoms with Gasteiger partial charge >= 0.3 is 0 Å². The van der Waals surface area contributed by atoms with Crippen molar-refractivity contribution in [2.45, 2.75) is 25.8 Å². The first-order valence-corrected chi connectivity index (χ1v) is 8.51. The molecule has 0 bridgehead atoms. The lowest BCUT2D eigenvalue weighted by atomic mass is 10.00. The predicted octanol–water partition coefficient (Wildman–Crippen LogP) is 2.56. The predicted molar refractivity (Wildman–Crippen MR) is 95.8 cm³/mol. The molecule has 2 amide bonds. The van der Waals surface area contributed by atoms with E-state index in [-0.39, 0.29) is 11.8 Å². The Bertz CT molecular complexity index is 873. The van der Waals surface area contributed by atoms with E-state index in [0.717, 1.165) is 24.1 Å². The maximum atomic E-state index is 12.5. The second kappa shape index (κ2) is 6.51. The zero-order valence-electron chi connectivity index (χ0n) is 13.9. The second-order valence-electron chi connectivity index (χ2n) is 6.44. The van der Waals surface area contributed by atoms with Crippen molar-refractivity contribution >= 4 is 23.7 Å². The van der Waals surface area contributed by atoms with E-state index in [2.05, 4.69) is 22.4 Å². The van der Waals surface area contributed by atoms with Crippen LogP contribution in [0.1, 0.15) is 28.7 Å². The number of carbonyl (C=O) groups is 2. The molecule has 5 nitrogen and oxygen atoms in total. The van der Waals surface area contributed by atoms with Gasteiger partial charge in [0.25, 0.3) is 0 Å². The molecule has 1 aromatic carbocycles. The molecular weight excluding hydrogens is 314 g/mol. The van der Waals surface area contributed by atoms with Gasteiger partial charge in [-0.1, -0.05) is 24.3 Å². The van der Waals surface area contributed by atoms with Gasteiger partial charge in [-0.3, -0.25) is 9.59 Å². The van der Waals surface area contributed by atoms with Crippen LogP contribution in [0.15, 0.2) is 42.6 Å². The van der Waals surface area contributed by atoms with Gasteiger partial charge < -0.3 is 10.2 Å². The Morgan fingerprint density at radius 3 is 2.84 bits per heavy atom. The molecule has 3 heterocycles. The maximum absolute atomic E-state index is 12.5. The number of hydrogen-bond acceptors (Lipinski definition) is 3. The summed E-state index contributed by atoms with van der Waals surface area (Å²) in [4.78, 5) is 30.0. The van der Waals surface area contributed by atoms with Crippen molar-refractivity contribution in [2.24, 2.45) is 0 Å². The SMILES string of the molecule is O=C1CCc2cc(C=CC(=O)N3CCc4ccccc4C3)cnc2N1. The fraction of sp³-hybridized carbons (Fsp3) is 0.250. The second-order valence-corrected chi connectivity index (χ2v) is 6.44. The van der Waals surface area contributed by atoms with E-state index in [0.29, 0.717) is 25.2 Å². The highest BCUT2D eigenvalue weighted by molar-refractivity contribution is 5.93. The standard InChI is InChI=1S/C20H19N3O2/c24-18-7-6-16-11-14(12-21-20(16)22-18)5-8-19(25)23-10-9-15-3-1-2-4-17(15)13-23/h1-5,8,11-12H,6-7,9-10,13H2,(H,21,22,24). The van der Waals surface area contributed by atoms with Crippen LogP contribution in [0.2, 0.25) is 0 Å². The average molecular weight is 333 g/mol. The monoisotopic (exact) mass is 333 g/mol. The van der Waals surface area contributed by atoms with Gasteiger partial charge in [0.1, 0.15) is 5.82 Å². The van der Waals surface area contributed by atoms with E-state index < -0.39 is 0 Å². The first-order chi connectivity index (χ1) is 12.2. The number of aryl methyl sites for hydroxylation is 1. The van der Waals surface area contributed by atoms with Crippen molar-refractivity contribution in [1.29, 1.82) is 0 Å². The number of pyridine rings is 1. The van der Waals surface area contributed by atoms with E-state index >= 15 is 0 Å². The molecule has 1 aromatic heterocycles. The minimum Gasteiger partial charge on any atom is -0.334 e. The van der Waals surface area contributed by atoms with E-state index in [1.54, 1.807) is 18.3 Å². The Morgan fingerprint density at radius 2 is 1.96 bits per heavy atom. The minimum absolute atomic E-state index is 0.00356. The molecule has 0 aliphatic carbocycles. The smallest absolute Gasteiger partial charge is 0.246 e. The molecule has 2 aromatic rings. The van der Waals surface area contributed by atoms with Gasteiger partial charge in [0.2, 0.25) is 11.8 Å². The van der Waals surface area contributed by atoms with Crippen LogP contribution in [0.3, 0.4) is 0 Å². The van der Waals surface area contributed by atoms with E-state index in [1.807, 2.05) is 23.1 Å². The lowest BCUT2D eigenvalue weighted by Crippen LogP contribution is -2.34. The van der Waals surface area contributed by atoms with Crippen LogP contribution in [0.5, 0.6) is 0 Å². The summed E-state index contributed by atoms with van der Waals surface area (Å²) in [5, 5.41) is 2.76. The molecule has 0 saturated heterocycles. The van der Waals surface area contributed by atoms with Gasteiger partial charge in [-0.25, -0.2) is 4.98 Å². The zero-order valence-corrected chi connectivity index (χ0v) is 13.9. The Kier molecular flexibility index (Phi) is 4.06. The lowest BCUT2D eigenvalue weighted by molar-refractivity contribution is -0.126. The van der Waals surface area contributed by atoms with Crippen molar-refractivity contribution < 1.29 is 9.59 Å². The molecule has 25 heavy (non-hydrogen) atoms. The fourth-order valence-electron chi connectivity index (χ4n) is 3.32. The Balaban J connectivity index is 1.45. The van der Waals surface area contributed by atoms with Crippen LogP contribution in [0.4, 0.5) is 5.82 Å². The number of aromatic nitrogens is 1. The van der Waals surface area contributed by atoms with E-state index in [1.165, 1.54) is 11.1 Å². The van der Waals surface area contributed by atoms with Gasteiger partial charge in [-0.05, 0) is 47.2 Å². The maximum Gasteiger partial charge on any atom is 0.246 e. The first kappa shape index (κ1) is 15.6. The molecule has 0 atom stereocenters. The number of nitrogens with zero attached hydrogens (tertiary/aromatic N) is 2. The van der Waals surface area contributed by atoms with Gasteiger partial charge in [0, 0.05) is 31.8 Å². The quantitative estimate of drug-likeness (QED) is 0.859. The molecule has 0 saturated carbocycles. The highest BCUT2D eigenvalue weighted by Gasteiger charge is 2.19. The number of amides is 2. The molecule has 2 aliphatic heterocycles. The number of carbonyl (C=O) groups excluding carboxylic acids is 2. The van der Waals surface area contributed by atoms with Crippen LogP contribution >= 0.6 is 0 Å². The van der Waals surface area contributed by atoms with Gasteiger partial charge in [-0.15, -0.1) is 0 Å². The van der Waals surface area contributed by atoms with Crippen LogP contribution < -0.4 is 5.32 Å². The number of nitrogens with one attached hydrogen (secondary N) is 1. The van der Waals surface area contributed by atoms with Crippen molar-refractivity contribution in [3.63, 3.8) is 0 Å². The summed E-state index contributed by atoms with van der Waals surface area (Å²) in [5.41, 5.74) is 4.44. The summed E-state index contributed by atoms with van der Waals surface area (Å²) in [6, 6.07) is 10.3. The molecule has 1 N–H and O–H groups in total. The third-order valence-corrected chi connectivity index (χ3v) is 4.73. The number of anilines is 1. The molecule has 2 aliphatic rings. The first-order valence-electron chi connectivity index (χ1n) is 8.51. The zero-order chi connectivity index (χ0) is 17.2. The molecule has 0 unspecified atom stereocenters. The molecular formula is C20H19N3O2. The molecule has 0 radical (unpaired) electrons. The summed E-state index contributed by atoms with van der Waals surface area (Å²) in [6.45, 7) is 1.41. The molecule has 0 spiro atoms. The summed E-state index contributed by atoms with van der Waals surface area (Å²) in [6.07, 6.45) is 7.15. The summed E-state index contributed by atoms with van der Waals surface area (Å²) >= 11 is 0. The van der Waals surface area contributed by atoms with Crippen LogP contribution in [0, 0.1) is 0 Å². The highest BCUT2D eigenvalue weighted by atomic mass is 16.2. The van der Waals surface area contributed by atoms with E-state index in [9.17, 15) is 9.59 Å². The highest BCUT2D eigenvalue weighted by Crippen LogP contribution is 2.22. The lowest BCUT2D eigenvalue weighted by Gasteiger charge is -2.27. The fourth-order valence-corrected chi connectivity index (χ4v) is 3.32. The normalized spacial score (nSPS) is 16.3.